The number of nitrogens with two attached hydrogens (primary N) is 1. The van der Waals surface area contributed by atoms with Crippen LogP contribution in [0, 0.1) is 0 Å². The van der Waals surface area contributed by atoms with E-state index in [-0.39, 0.29) is 0 Å². The molecule has 0 saturated carbocycles. The zero-order chi connectivity index (χ0) is 13.9. The second-order valence-corrected chi connectivity index (χ2v) is 5.17. The number of nitrogen functional groups attached to an aromatic ring is 1. The Labute approximate surface area is 123 Å². The van der Waals surface area contributed by atoms with Crippen LogP contribution in [0.3, 0.4) is 0 Å². The molecule has 0 amide bonds. The van der Waals surface area contributed by atoms with Crippen molar-refractivity contribution < 1.29 is 0 Å². The molecule has 1 fully saturated rings. The molecular formula is C14H16ClN5. The van der Waals surface area contributed by atoms with Crippen LogP contribution in [0.1, 0.15) is 0 Å². The lowest BCUT2D eigenvalue weighted by molar-refractivity contribution is 0.640. The summed E-state index contributed by atoms with van der Waals surface area (Å²) in [6.45, 7) is 3.57. The third-order valence-electron chi connectivity index (χ3n) is 3.40. The van der Waals surface area contributed by atoms with Gasteiger partial charge in [0.1, 0.15) is 5.82 Å². The molecule has 0 aliphatic carbocycles. The van der Waals surface area contributed by atoms with Crippen molar-refractivity contribution in [1.29, 1.82) is 0 Å². The molecule has 1 saturated heterocycles. The van der Waals surface area contributed by atoms with Gasteiger partial charge in [0.15, 0.2) is 0 Å². The highest BCUT2D eigenvalue weighted by Crippen LogP contribution is 2.21. The Balaban J connectivity index is 1.68. The number of hydrogen-bond acceptors (Lipinski definition) is 5. The van der Waals surface area contributed by atoms with Gasteiger partial charge in [0, 0.05) is 43.1 Å². The summed E-state index contributed by atoms with van der Waals surface area (Å²) in [4.78, 5) is 13.0. The molecule has 5 nitrogen and oxygen atoms in total. The molecular weight excluding hydrogens is 274 g/mol. The first-order valence-electron chi connectivity index (χ1n) is 6.56. The van der Waals surface area contributed by atoms with Crippen LogP contribution in [0.2, 0.25) is 5.02 Å². The number of halogens is 1. The average molecular weight is 290 g/mol. The molecule has 1 aromatic carbocycles. The predicted octanol–water partition coefficient (Wildman–Crippen LogP) is 2.04. The summed E-state index contributed by atoms with van der Waals surface area (Å²) in [5.74, 6) is 1.21. The standard InChI is InChI=1S/C14H16ClN5/c15-11-2-1-3-12(10-11)19-6-8-20(9-7-19)14-17-5-4-13(16)18-14/h1-5,10H,6-9H2,(H2,16,17,18). The first-order valence-corrected chi connectivity index (χ1v) is 6.94. The molecule has 0 radical (unpaired) electrons. The zero-order valence-electron chi connectivity index (χ0n) is 11.0. The second-order valence-electron chi connectivity index (χ2n) is 4.74. The SMILES string of the molecule is Nc1ccnc(N2CCN(c3cccc(Cl)c3)CC2)n1. The number of rotatable bonds is 2. The Morgan fingerprint density at radius 3 is 2.50 bits per heavy atom. The molecule has 20 heavy (non-hydrogen) atoms. The Hall–Kier alpha value is -2.01. The number of anilines is 3. The topological polar surface area (TPSA) is 58.3 Å². The molecule has 0 spiro atoms. The number of nitrogens with zero attached hydrogens (tertiary/aromatic N) is 4. The van der Waals surface area contributed by atoms with Crippen molar-refractivity contribution in [2.24, 2.45) is 0 Å². The lowest BCUT2D eigenvalue weighted by Crippen LogP contribution is -2.47. The Morgan fingerprint density at radius 2 is 1.80 bits per heavy atom. The fraction of sp³-hybridized carbons (Fsp3) is 0.286. The number of piperazine rings is 1. The van der Waals surface area contributed by atoms with Crippen molar-refractivity contribution in [3.8, 4) is 0 Å². The van der Waals surface area contributed by atoms with Gasteiger partial charge >= 0.3 is 0 Å². The van der Waals surface area contributed by atoms with Crippen molar-refractivity contribution in [1.82, 2.24) is 9.97 Å². The van der Waals surface area contributed by atoms with Gasteiger partial charge in [0.2, 0.25) is 5.95 Å². The third kappa shape index (κ3) is 2.77. The smallest absolute Gasteiger partial charge is 0.227 e. The largest absolute Gasteiger partial charge is 0.384 e. The summed E-state index contributed by atoms with van der Waals surface area (Å²) in [6.07, 6.45) is 1.70. The van der Waals surface area contributed by atoms with Crippen LogP contribution in [-0.4, -0.2) is 36.1 Å². The van der Waals surface area contributed by atoms with Crippen LogP contribution in [-0.2, 0) is 0 Å². The molecule has 0 bridgehead atoms. The van der Waals surface area contributed by atoms with Gasteiger partial charge < -0.3 is 15.5 Å². The molecule has 104 valence electrons. The average Bonchev–Trinajstić information content (AvgIpc) is 2.47. The monoisotopic (exact) mass is 289 g/mol. The van der Waals surface area contributed by atoms with Crippen molar-refractivity contribution in [3.05, 3.63) is 41.6 Å². The summed E-state index contributed by atoms with van der Waals surface area (Å²) < 4.78 is 0. The quantitative estimate of drug-likeness (QED) is 0.917. The van der Waals surface area contributed by atoms with Gasteiger partial charge in [-0.2, -0.15) is 4.98 Å². The number of hydrogen-bond donors (Lipinski definition) is 1. The number of aromatic nitrogens is 2. The van der Waals surface area contributed by atoms with Gasteiger partial charge in [-0.3, -0.25) is 0 Å². The van der Waals surface area contributed by atoms with Crippen LogP contribution in [0.4, 0.5) is 17.5 Å². The molecule has 1 aliphatic rings. The third-order valence-corrected chi connectivity index (χ3v) is 3.64. The molecule has 2 heterocycles. The van der Waals surface area contributed by atoms with Crippen molar-refractivity contribution in [2.75, 3.05) is 41.7 Å². The molecule has 2 aromatic rings. The molecule has 6 heteroatoms. The first-order chi connectivity index (χ1) is 9.72. The highest BCUT2D eigenvalue weighted by molar-refractivity contribution is 6.30. The molecule has 0 atom stereocenters. The van der Waals surface area contributed by atoms with Gasteiger partial charge in [-0.25, -0.2) is 4.98 Å². The molecule has 0 unspecified atom stereocenters. The van der Waals surface area contributed by atoms with Crippen LogP contribution in [0.15, 0.2) is 36.5 Å². The van der Waals surface area contributed by atoms with Crippen LogP contribution < -0.4 is 15.5 Å². The van der Waals surface area contributed by atoms with E-state index < -0.39 is 0 Å². The van der Waals surface area contributed by atoms with Gasteiger partial charge in [-0.15, -0.1) is 0 Å². The maximum Gasteiger partial charge on any atom is 0.227 e. The van der Waals surface area contributed by atoms with Crippen LogP contribution >= 0.6 is 11.6 Å². The minimum Gasteiger partial charge on any atom is -0.384 e. The minimum atomic E-state index is 0.507. The maximum absolute atomic E-state index is 6.04. The van der Waals surface area contributed by atoms with Crippen molar-refractivity contribution >= 4 is 29.1 Å². The second kappa shape index (κ2) is 5.54. The van der Waals surface area contributed by atoms with Gasteiger partial charge in [0.05, 0.1) is 0 Å². The first kappa shape index (κ1) is 13.0. The van der Waals surface area contributed by atoms with E-state index in [0.29, 0.717) is 11.8 Å². The van der Waals surface area contributed by atoms with Crippen molar-refractivity contribution in [3.63, 3.8) is 0 Å². The van der Waals surface area contributed by atoms with E-state index in [4.69, 9.17) is 17.3 Å². The van der Waals surface area contributed by atoms with Crippen LogP contribution in [0.5, 0.6) is 0 Å². The van der Waals surface area contributed by atoms with Gasteiger partial charge in [-0.1, -0.05) is 17.7 Å². The highest BCUT2D eigenvalue weighted by Gasteiger charge is 2.19. The maximum atomic E-state index is 6.04. The predicted molar refractivity (Wildman–Crippen MR) is 82.3 cm³/mol. The molecule has 2 N–H and O–H groups in total. The van der Waals surface area contributed by atoms with Crippen molar-refractivity contribution in [2.45, 2.75) is 0 Å². The normalized spacial score (nSPS) is 15.4. The summed E-state index contributed by atoms with van der Waals surface area (Å²) in [6, 6.07) is 9.64. The lowest BCUT2D eigenvalue weighted by Gasteiger charge is -2.36. The van der Waals surface area contributed by atoms with E-state index in [2.05, 4.69) is 25.8 Å². The van der Waals surface area contributed by atoms with Gasteiger partial charge in [0.25, 0.3) is 0 Å². The van der Waals surface area contributed by atoms with E-state index in [0.717, 1.165) is 36.9 Å². The number of benzene rings is 1. The highest BCUT2D eigenvalue weighted by atomic mass is 35.5. The van der Waals surface area contributed by atoms with E-state index >= 15 is 0 Å². The Morgan fingerprint density at radius 1 is 1.05 bits per heavy atom. The summed E-state index contributed by atoms with van der Waals surface area (Å²) >= 11 is 6.04. The Kier molecular flexibility index (Phi) is 3.60. The van der Waals surface area contributed by atoms with Crippen LogP contribution in [0.25, 0.3) is 0 Å². The fourth-order valence-electron chi connectivity index (χ4n) is 2.35. The summed E-state index contributed by atoms with van der Waals surface area (Å²) in [7, 11) is 0. The lowest BCUT2D eigenvalue weighted by atomic mass is 10.2. The summed E-state index contributed by atoms with van der Waals surface area (Å²) in [5.41, 5.74) is 6.86. The Bertz CT molecular complexity index is 542. The molecule has 3 rings (SSSR count). The van der Waals surface area contributed by atoms with Gasteiger partial charge in [-0.05, 0) is 24.3 Å². The zero-order valence-corrected chi connectivity index (χ0v) is 11.8. The minimum absolute atomic E-state index is 0.507. The summed E-state index contributed by atoms with van der Waals surface area (Å²) in [5, 5.41) is 0.768. The molecule has 1 aromatic heterocycles. The van der Waals surface area contributed by atoms with E-state index in [9.17, 15) is 0 Å². The fourth-order valence-corrected chi connectivity index (χ4v) is 2.54. The van der Waals surface area contributed by atoms with E-state index in [1.54, 1.807) is 12.3 Å². The molecule has 1 aliphatic heterocycles. The van der Waals surface area contributed by atoms with E-state index in [1.165, 1.54) is 0 Å². The van der Waals surface area contributed by atoms with E-state index in [1.807, 2.05) is 18.2 Å².